The number of halogens is 1. The summed E-state index contributed by atoms with van der Waals surface area (Å²) in [6.07, 6.45) is 1.66. The normalized spacial score (nSPS) is 16.4. The van der Waals surface area contributed by atoms with E-state index in [1.54, 1.807) is 0 Å². The predicted molar refractivity (Wildman–Crippen MR) is 56.1 cm³/mol. The molecule has 0 saturated carbocycles. The molecule has 74 valence electrons. The van der Waals surface area contributed by atoms with Crippen molar-refractivity contribution < 1.29 is 4.79 Å². The highest BCUT2D eigenvalue weighted by atomic mass is 35.5. The van der Waals surface area contributed by atoms with Gasteiger partial charge in [-0.1, -0.05) is 29.8 Å². The van der Waals surface area contributed by atoms with E-state index >= 15 is 0 Å². The highest BCUT2D eigenvalue weighted by Gasteiger charge is 2.20. The fourth-order valence-electron chi connectivity index (χ4n) is 1.70. The number of rotatable bonds is 2. The Hall–Kier alpha value is -1.02. The summed E-state index contributed by atoms with van der Waals surface area (Å²) >= 11 is 6.01. The van der Waals surface area contributed by atoms with E-state index in [0.29, 0.717) is 13.0 Å². The van der Waals surface area contributed by atoms with Gasteiger partial charge in [-0.05, 0) is 18.1 Å². The molecule has 1 saturated heterocycles. The third-order valence-corrected chi connectivity index (χ3v) is 2.86. The molecule has 1 aromatic rings. The maximum atomic E-state index is 11.4. The molecule has 2 nitrogen and oxygen atoms in total. The van der Waals surface area contributed by atoms with Crippen molar-refractivity contribution in [2.75, 3.05) is 6.54 Å². The molecule has 3 heteroatoms. The summed E-state index contributed by atoms with van der Waals surface area (Å²) in [5, 5.41) is 0.743. The molecule has 0 radical (unpaired) electrons. The van der Waals surface area contributed by atoms with Crippen LogP contribution in [0.1, 0.15) is 18.4 Å². The molecule has 0 aliphatic carbocycles. The fourth-order valence-corrected chi connectivity index (χ4v) is 1.90. The molecule has 0 bridgehead atoms. The first-order valence-corrected chi connectivity index (χ1v) is 5.16. The lowest BCUT2D eigenvalue weighted by atomic mass is 10.2. The molecule has 0 atom stereocenters. The Labute approximate surface area is 88.5 Å². The summed E-state index contributed by atoms with van der Waals surface area (Å²) in [4.78, 5) is 13.2. The Kier molecular flexibility index (Phi) is 2.73. The van der Waals surface area contributed by atoms with E-state index in [9.17, 15) is 4.79 Å². The van der Waals surface area contributed by atoms with Gasteiger partial charge in [0.1, 0.15) is 0 Å². The highest BCUT2D eigenvalue weighted by Crippen LogP contribution is 2.20. The SMILES string of the molecule is O=C1CCCN1Cc1ccccc1Cl. The van der Waals surface area contributed by atoms with Gasteiger partial charge in [0.15, 0.2) is 0 Å². The van der Waals surface area contributed by atoms with Crippen molar-refractivity contribution in [2.45, 2.75) is 19.4 Å². The van der Waals surface area contributed by atoms with Crippen LogP contribution in [-0.4, -0.2) is 17.4 Å². The molecule has 1 aromatic carbocycles. The first-order valence-electron chi connectivity index (χ1n) is 4.78. The number of carbonyl (C=O) groups excluding carboxylic acids is 1. The molecule has 1 fully saturated rings. The van der Waals surface area contributed by atoms with E-state index in [-0.39, 0.29) is 5.91 Å². The van der Waals surface area contributed by atoms with Gasteiger partial charge >= 0.3 is 0 Å². The zero-order valence-electron chi connectivity index (χ0n) is 7.87. The van der Waals surface area contributed by atoms with Gasteiger partial charge in [0, 0.05) is 24.5 Å². The van der Waals surface area contributed by atoms with Crippen molar-refractivity contribution in [2.24, 2.45) is 0 Å². The van der Waals surface area contributed by atoms with Gasteiger partial charge in [0.25, 0.3) is 0 Å². The molecule has 1 heterocycles. The first-order chi connectivity index (χ1) is 6.77. The van der Waals surface area contributed by atoms with Crippen LogP contribution < -0.4 is 0 Å². The molecule has 0 N–H and O–H groups in total. The lowest BCUT2D eigenvalue weighted by molar-refractivity contribution is -0.128. The lowest BCUT2D eigenvalue weighted by Gasteiger charge is -2.16. The van der Waals surface area contributed by atoms with Crippen molar-refractivity contribution in [1.29, 1.82) is 0 Å². The molecule has 0 unspecified atom stereocenters. The minimum Gasteiger partial charge on any atom is -0.338 e. The Morgan fingerprint density at radius 1 is 1.36 bits per heavy atom. The molecule has 0 spiro atoms. The van der Waals surface area contributed by atoms with Crippen LogP contribution in [-0.2, 0) is 11.3 Å². The third kappa shape index (κ3) is 1.90. The number of carbonyl (C=O) groups is 1. The summed E-state index contributed by atoms with van der Waals surface area (Å²) in [6.45, 7) is 1.52. The monoisotopic (exact) mass is 209 g/mol. The minimum atomic E-state index is 0.241. The van der Waals surface area contributed by atoms with Crippen LogP contribution in [0.15, 0.2) is 24.3 Å². The van der Waals surface area contributed by atoms with Gasteiger partial charge in [-0.3, -0.25) is 4.79 Å². The van der Waals surface area contributed by atoms with Crippen LogP contribution in [0.4, 0.5) is 0 Å². The number of amides is 1. The maximum absolute atomic E-state index is 11.4. The number of hydrogen-bond donors (Lipinski definition) is 0. The van der Waals surface area contributed by atoms with Gasteiger partial charge in [0.2, 0.25) is 5.91 Å². The molecule has 1 aliphatic rings. The van der Waals surface area contributed by atoms with Crippen LogP contribution in [0.3, 0.4) is 0 Å². The Balaban J connectivity index is 2.10. The van der Waals surface area contributed by atoms with E-state index in [2.05, 4.69) is 0 Å². The number of likely N-dealkylation sites (tertiary alicyclic amines) is 1. The maximum Gasteiger partial charge on any atom is 0.222 e. The van der Waals surface area contributed by atoms with Crippen LogP contribution in [0.25, 0.3) is 0 Å². The quantitative estimate of drug-likeness (QED) is 0.733. The third-order valence-electron chi connectivity index (χ3n) is 2.49. The number of nitrogens with zero attached hydrogens (tertiary/aromatic N) is 1. The molecular formula is C11H12ClNO. The zero-order chi connectivity index (χ0) is 9.97. The standard InChI is InChI=1S/C11H12ClNO/c12-10-5-2-1-4-9(10)8-13-7-3-6-11(13)14/h1-2,4-5H,3,6-8H2. The topological polar surface area (TPSA) is 20.3 Å². The van der Waals surface area contributed by atoms with Gasteiger partial charge in [-0.15, -0.1) is 0 Å². The van der Waals surface area contributed by atoms with Gasteiger partial charge in [-0.25, -0.2) is 0 Å². The molecule has 14 heavy (non-hydrogen) atoms. The predicted octanol–water partition coefficient (Wildman–Crippen LogP) is 2.46. The average molecular weight is 210 g/mol. The molecular weight excluding hydrogens is 198 g/mol. The second-order valence-electron chi connectivity index (χ2n) is 3.51. The van der Waals surface area contributed by atoms with Gasteiger partial charge in [0.05, 0.1) is 0 Å². The molecule has 2 rings (SSSR count). The fraction of sp³-hybridized carbons (Fsp3) is 0.364. The lowest BCUT2D eigenvalue weighted by Crippen LogP contribution is -2.23. The van der Waals surface area contributed by atoms with E-state index < -0.39 is 0 Å². The van der Waals surface area contributed by atoms with Crippen molar-refractivity contribution in [3.8, 4) is 0 Å². The summed E-state index contributed by atoms with van der Waals surface area (Å²) in [5.41, 5.74) is 1.03. The van der Waals surface area contributed by atoms with Crippen molar-refractivity contribution in [1.82, 2.24) is 4.90 Å². The zero-order valence-corrected chi connectivity index (χ0v) is 8.63. The summed E-state index contributed by atoms with van der Waals surface area (Å²) in [6, 6.07) is 7.67. The van der Waals surface area contributed by atoms with E-state index in [1.807, 2.05) is 29.2 Å². The van der Waals surface area contributed by atoms with E-state index in [0.717, 1.165) is 23.6 Å². The summed E-state index contributed by atoms with van der Waals surface area (Å²) in [5.74, 6) is 0.241. The molecule has 1 amide bonds. The average Bonchev–Trinajstić information content (AvgIpc) is 2.56. The van der Waals surface area contributed by atoms with Crippen molar-refractivity contribution in [3.05, 3.63) is 34.9 Å². The van der Waals surface area contributed by atoms with Crippen LogP contribution in [0, 0.1) is 0 Å². The second kappa shape index (κ2) is 4.01. The number of hydrogen-bond acceptors (Lipinski definition) is 1. The summed E-state index contributed by atoms with van der Waals surface area (Å²) in [7, 11) is 0. The summed E-state index contributed by atoms with van der Waals surface area (Å²) < 4.78 is 0. The van der Waals surface area contributed by atoms with Gasteiger partial charge in [-0.2, -0.15) is 0 Å². The number of benzene rings is 1. The highest BCUT2D eigenvalue weighted by molar-refractivity contribution is 6.31. The Morgan fingerprint density at radius 3 is 2.79 bits per heavy atom. The van der Waals surface area contributed by atoms with Crippen LogP contribution in [0.5, 0.6) is 0 Å². The first kappa shape index (κ1) is 9.53. The minimum absolute atomic E-state index is 0.241. The van der Waals surface area contributed by atoms with Crippen LogP contribution >= 0.6 is 11.6 Å². The van der Waals surface area contributed by atoms with E-state index in [4.69, 9.17) is 11.6 Å². The van der Waals surface area contributed by atoms with Crippen LogP contribution in [0.2, 0.25) is 5.02 Å². The van der Waals surface area contributed by atoms with E-state index in [1.165, 1.54) is 0 Å². The second-order valence-corrected chi connectivity index (χ2v) is 3.92. The smallest absolute Gasteiger partial charge is 0.222 e. The van der Waals surface area contributed by atoms with Crippen molar-refractivity contribution >= 4 is 17.5 Å². The molecule has 1 aliphatic heterocycles. The van der Waals surface area contributed by atoms with Crippen molar-refractivity contribution in [3.63, 3.8) is 0 Å². The largest absolute Gasteiger partial charge is 0.338 e. The van der Waals surface area contributed by atoms with Gasteiger partial charge < -0.3 is 4.90 Å². The molecule has 0 aromatic heterocycles. The Bertz CT molecular complexity index is 351. The Morgan fingerprint density at radius 2 is 2.14 bits per heavy atom.